The third-order valence-electron chi connectivity index (χ3n) is 3.58. The molecule has 0 aliphatic carbocycles. The van der Waals surface area contributed by atoms with Crippen molar-refractivity contribution in [2.45, 2.75) is 25.2 Å². The molecule has 0 saturated carbocycles. The van der Waals surface area contributed by atoms with Gasteiger partial charge in [0.25, 0.3) is 0 Å². The molecule has 1 aliphatic heterocycles. The fraction of sp³-hybridized carbons (Fsp3) is 0.538. The summed E-state index contributed by atoms with van der Waals surface area (Å²) in [6, 6.07) is 0. The fourth-order valence-electron chi connectivity index (χ4n) is 2.46. The first-order valence-corrected chi connectivity index (χ1v) is 7.99. The van der Waals surface area contributed by atoms with Crippen molar-refractivity contribution in [3.05, 3.63) is 9.67 Å². The Morgan fingerprint density at radius 2 is 2.29 bits per heavy atom. The predicted molar refractivity (Wildman–Crippen MR) is 83.8 cm³/mol. The van der Waals surface area contributed by atoms with Crippen molar-refractivity contribution in [3.8, 4) is 5.88 Å². The zero-order valence-corrected chi connectivity index (χ0v) is 13.6. The van der Waals surface area contributed by atoms with E-state index < -0.39 is 12.2 Å². The van der Waals surface area contributed by atoms with Crippen LogP contribution in [0, 0.1) is 0 Å². The number of aliphatic hydroxyl groups excluding tert-OH is 1. The number of nitrogens with zero attached hydrogens (tertiary/aromatic N) is 3. The van der Waals surface area contributed by atoms with Crippen LogP contribution >= 0.6 is 11.3 Å². The zero-order valence-electron chi connectivity index (χ0n) is 12.8. The first kappa shape index (κ1) is 16.6. The van der Waals surface area contributed by atoms with Gasteiger partial charge in [-0.2, -0.15) is 9.97 Å². The molecule has 3 heterocycles. The molecule has 1 saturated heterocycles. The molecule has 0 amide bonds. The van der Waals surface area contributed by atoms with Gasteiger partial charge in [0.2, 0.25) is 11.8 Å². The topological polar surface area (TPSA) is 139 Å². The number of hydrogen-bond acceptors (Lipinski definition) is 10. The van der Waals surface area contributed by atoms with E-state index in [0.29, 0.717) is 17.5 Å². The maximum absolute atomic E-state index is 12.4. The van der Waals surface area contributed by atoms with Crippen molar-refractivity contribution in [1.82, 2.24) is 14.5 Å². The maximum atomic E-state index is 12.4. The van der Waals surface area contributed by atoms with Crippen LogP contribution in [-0.2, 0) is 14.3 Å². The average Bonchev–Trinajstić information content (AvgIpc) is 3.15. The summed E-state index contributed by atoms with van der Waals surface area (Å²) in [5, 5.41) is 9.18. The van der Waals surface area contributed by atoms with E-state index in [9.17, 15) is 14.7 Å². The Labute approximate surface area is 139 Å². The number of aromatic nitrogens is 3. The molecule has 0 radical (unpaired) electrons. The molecule has 1 fully saturated rings. The highest BCUT2D eigenvalue weighted by atomic mass is 32.1. The van der Waals surface area contributed by atoms with Crippen LogP contribution in [0.2, 0.25) is 0 Å². The number of anilines is 1. The van der Waals surface area contributed by atoms with Crippen LogP contribution in [0.25, 0.3) is 10.3 Å². The molecule has 130 valence electrons. The molecule has 11 heteroatoms. The van der Waals surface area contributed by atoms with Gasteiger partial charge in [0.1, 0.15) is 10.9 Å². The molecule has 3 rings (SSSR count). The summed E-state index contributed by atoms with van der Waals surface area (Å²) in [5.74, 6) is -0.636. The molecule has 1 aliphatic rings. The Morgan fingerprint density at radius 3 is 2.96 bits per heavy atom. The highest BCUT2D eigenvalue weighted by Gasteiger charge is 2.30. The third kappa shape index (κ3) is 3.05. The van der Waals surface area contributed by atoms with E-state index >= 15 is 0 Å². The standard InChI is InChI=1S/C13H16N4O6S/c1-21-8(19)5-22-11-9-10(15-12(14)16-11)17(13(20)24-9)7-3-2-6(4-18)23-7/h6-7,18H,2-5H2,1H3,(H2,14,15,16)/t6-,7+/m0/s1. The van der Waals surface area contributed by atoms with Crippen LogP contribution in [0.15, 0.2) is 4.79 Å². The lowest BCUT2D eigenvalue weighted by molar-refractivity contribution is -0.142. The van der Waals surface area contributed by atoms with Crippen LogP contribution in [0.3, 0.4) is 0 Å². The van der Waals surface area contributed by atoms with E-state index in [1.807, 2.05) is 0 Å². The fourth-order valence-corrected chi connectivity index (χ4v) is 3.36. The summed E-state index contributed by atoms with van der Waals surface area (Å²) < 4.78 is 17.2. The van der Waals surface area contributed by atoms with Crippen molar-refractivity contribution in [3.63, 3.8) is 0 Å². The van der Waals surface area contributed by atoms with Gasteiger partial charge in [-0.25, -0.2) is 4.79 Å². The molecular weight excluding hydrogens is 340 g/mol. The van der Waals surface area contributed by atoms with Gasteiger partial charge in [-0.05, 0) is 12.8 Å². The molecule has 0 unspecified atom stereocenters. The Morgan fingerprint density at radius 1 is 1.50 bits per heavy atom. The van der Waals surface area contributed by atoms with Gasteiger partial charge in [-0.1, -0.05) is 11.3 Å². The van der Waals surface area contributed by atoms with Gasteiger partial charge < -0.3 is 25.1 Å². The van der Waals surface area contributed by atoms with Crippen LogP contribution in [0.5, 0.6) is 5.88 Å². The molecule has 0 aromatic carbocycles. The number of methoxy groups -OCH3 is 1. The van der Waals surface area contributed by atoms with E-state index in [-0.39, 0.29) is 41.7 Å². The van der Waals surface area contributed by atoms with Crippen LogP contribution in [-0.4, -0.2) is 52.0 Å². The van der Waals surface area contributed by atoms with Gasteiger partial charge in [0, 0.05) is 0 Å². The molecule has 10 nitrogen and oxygen atoms in total. The summed E-state index contributed by atoms with van der Waals surface area (Å²) in [6.07, 6.45) is 0.355. The monoisotopic (exact) mass is 356 g/mol. The number of fused-ring (bicyclic) bond motifs is 1. The van der Waals surface area contributed by atoms with Crippen LogP contribution in [0.1, 0.15) is 19.1 Å². The number of rotatable bonds is 5. The van der Waals surface area contributed by atoms with Gasteiger partial charge >= 0.3 is 10.8 Å². The van der Waals surface area contributed by atoms with Gasteiger partial charge in [-0.15, -0.1) is 0 Å². The van der Waals surface area contributed by atoms with Crippen molar-refractivity contribution >= 4 is 33.6 Å². The highest BCUT2D eigenvalue weighted by Crippen LogP contribution is 2.33. The minimum absolute atomic E-state index is 0.0421. The van der Waals surface area contributed by atoms with Crippen LogP contribution < -0.4 is 15.3 Å². The Hall–Kier alpha value is -2.24. The van der Waals surface area contributed by atoms with Gasteiger partial charge in [-0.3, -0.25) is 9.36 Å². The minimum Gasteiger partial charge on any atom is -0.466 e. The number of nitrogens with two attached hydrogens (primary N) is 1. The second-order valence-corrected chi connectivity index (χ2v) is 6.08. The summed E-state index contributed by atoms with van der Waals surface area (Å²) in [7, 11) is 1.24. The molecule has 3 N–H and O–H groups in total. The summed E-state index contributed by atoms with van der Waals surface area (Å²) in [6.45, 7) is -0.474. The predicted octanol–water partition coefficient (Wildman–Crippen LogP) is -0.343. The van der Waals surface area contributed by atoms with Gasteiger partial charge in [0.05, 0.1) is 19.8 Å². The lowest BCUT2D eigenvalue weighted by atomic mass is 10.2. The summed E-state index contributed by atoms with van der Waals surface area (Å²) in [4.78, 5) is 31.3. The molecule has 0 bridgehead atoms. The number of aliphatic hydroxyl groups is 1. The number of carbonyl (C=O) groups excluding carboxylic acids is 1. The summed E-state index contributed by atoms with van der Waals surface area (Å²) in [5.41, 5.74) is 5.96. The molecule has 24 heavy (non-hydrogen) atoms. The zero-order chi connectivity index (χ0) is 17.3. The summed E-state index contributed by atoms with van der Waals surface area (Å²) >= 11 is 0.876. The molecule has 2 aromatic rings. The Balaban J connectivity index is 2.00. The van der Waals surface area contributed by atoms with Crippen molar-refractivity contribution in [1.29, 1.82) is 0 Å². The van der Waals surface area contributed by atoms with E-state index in [4.69, 9.17) is 15.2 Å². The average molecular weight is 356 g/mol. The molecule has 0 spiro atoms. The first-order valence-electron chi connectivity index (χ1n) is 7.18. The lowest BCUT2D eigenvalue weighted by Crippen LogP contribution is -2.21. The number of hydrogen-bond donors (Lipinski definition) is 2. The number of esters is 1. The molecule has 2 atom stereocenters. The van der Waals surface area contributed by atoms with E-state index in [1.165, 1.54) is 11.7 Å². The molecule has 2 aromatic heterocycles. The van der Waals surface area contributed by atoms with Crippen LogP contribution in [0.4, 0.5) is 5.95 Å². The number of carbonyl (C=O) groups is 1. The first-order chi connectivity index (χ1) is 11.5. The largest absolute Gasteiger partial charge is 0.466 e. The number of nitrogen functional groups attached to an aromatic ring is 1. The van der Waals surface area contributed by atoms with Crippen molar-refractivity contribution < 1.29 is 24.1 Å². The number of ether oxygens (including phenoxy) is 3. The quantitative estimate of drug-likeness (QED) is 0.688. The third-order valence-corrected chi connectivity index (χ3v) is 4.51. The SMILES string of the molecule is COC(=O)COc1nc(N)nc2c1sc(=O)n2[C@H]1CC[C@@H](CO)O1. The second-order valence-electron chi connectivity index (χ2n) is 5.12. The van der Waals surface area contributed by atoms with E-state index in [2.05, 4.69) is 14.7 Å². The Bertz CT molecular complexity index is 819. The maximum Gasteiger partial charge on any atom is 0.343 e. The highest BCUT2D eigenvalue weighted by molar-refractivity contribution is 7.16. The smallest absolute Gasteiger partial charge is 0.343 e. The van der Waals surface area contributed by atoms with Crippen molar-refractivity contribution in [2.75, 3.05) is 26.1 Å². The van der Waals surface area contributed by atoms with Gasteiger partial charge in [0.15, 0.2) is 12.3 Å². The number of thiazole rings is 1. The Kier molecular flexibility index (Phi) is 4.64. The van der Waals surface area contributed by atoms with E-state index in [0.717, 1.165) is 11.3 Å². The molecular formula is C13H16N4O6S. The normalized spacial score (nSPS) is 20.4. The minimum atomic E-state index is -0.586. The lowest BCUT2D eigenvalue weighted by Gasteiger charge is -2.13. The van der Waals surface area contributed by atoms with Crippen molar-refractivity contribution in [2.24, 2.45) is 0 Å². The second kappa shape index (κ2) is 6.71. The van der Waals surface area contributed by atoms with E-state index in [1.54, 1.807) is 0 Å².